The van der Waals surface area contributed by atoms with Gasteiger partial charge >= 0.3 is 5.97 Å². The molecular weight excluding hydrogens is 444 g/mol. The van der Waals surface area contributed by atoms with E-state index in [-0.39, 0.29) is 19.0 Å². The Kier molecular flexibility index (Phi) is 7.98. The van der Waals surface area contributed by atoms with E-state index in [2.05, 4.69) is 21.2 Å². The van der Waals surface area contributed by atoms with Crippen LogP contribution in [0.2, 0.25) is 0 Å². The van der Waals surface area contributed by atoms with Crippen LogP contribution in [0.1, 0.15) is 31.0 Å². The fourth-order valence-electron chi connectivity index (χ4n) is 3.20. The third-order valence-corrected chi connectivity index (χ3v) is 4.90. The Bertz CT molecular complexity index is 1120. The molecule has 0 radical (unpaired) electrons. The number of allylic oxidation sites excluding steroid dienone is 1. The molecule has 1 aliphatic rings. The highest BCUT2D eigenvalue weighted by molar-refractivity contribution is 7.80. The molecule has 2 aromatic carbocycles. The van der Waals surface area contributed by atoms with Crippen molar-refractivity contribution in [1.29, 1.82) is 0 Å². The second-order valence-electron chi connectivity index (χ2n) is 6.97. The number of esters is 1. The Morgan fingerprint density at radius 2 is 1.94 bits per heavy atom. The summed E-state index contributed by atoms with van der Waals surface area (Å²) in [5.41, 5.74) is 4.38. The first-order valence-electron chi connectivity index (χ1n) is 10.2. The van der Waals surface area contributed by atoms with E-state index in [4.69, 9.17) is 21.7 Å². The number of hydrogen-bond donors (Lipinski definition) is 4. The number of hydrogen-bond acceptors (Lipinski definition) is 7. The van der Waals surface area contributed by atoms with Crippen LogP contribution in [-0.2, 0) is 14.3 Å². The quantitative estimate of drug-likeness (QED) is 0.202. The number of ether oxygens (including phenoxy) is 2. The maximum absolute atomic E-state index is 12.6. The monoisotopic (exact) mass is 468 g/mol. The van der Waals surface area contributed by atoms with Crippen LogP contribution >= 0.6 is 12.2 Å². The van der Waals surface area contributed by atoms with Gasteiger partial charge in [-0.1, -0.05) is 30.3 Å². The topological polar surface area (TPSA) is 121 Å². The Morgan fingerprint density at radius 3 is 2.70 bits per heavy atom. The molecule has 0 saturated heterocycles. The summed E-state index contributed by atoms with van der Waals surface area (Å²) in [5, 5.41) is 19.9. The lowest BCUT2D eigenvalue weighted by atomic mass is 9.95. The molecule has 2 aromatic rings. The molecule has 1 heterocycles. The van der Waals surface area contributed by atoms with Crippen LogP contribution in [0.25, 0.3) is 0 Å². The van der Waals surface area contributed by atoms with Crippen LogP contribution in [0.3, 0.4) is 0 Å². The van der Waals surface area contributed by atoms with Gasteiger partial charge in [-0.15, -0.1) is 0 Å². The summed E-state index contributed by atoms with van der Waals surface area (Å²) in [4.78, 5) is 24.8. The van der Waals surface area contributed by atoms with E-state index in [1.807, 2.05) is 0 Å². The van der Waals surface area contributed by atoms with Gasteiger partial charge < -0.3 is 25.2 Å². The van der Waals surface area contributed by atoms with Gasteiger partial charge in [-0.25, -0.2) is 10.2 Å². The molecule has 0 saturated carbocycles. The minimum absolute atomic E-state index is 0.0498. The number of phenolic OH excluding ortho intramolecular Hbond substituents is 1. The Hall–Kier alpha value is -3.92. The van der Waals surface area contributed by atoms with Crippen LogP contribution in [0.15, 0.2) is 64.9 Å². The zero-order chi connectivity index (χ0) is 23.8. The predicted octanol–water partition coefficient (Wildman–Crippen LogP) is 2.28. The number of nitrogens with zero attached hydrogens (tertiary/aromatic N) is 1. The molecule has 10 heteroatoms. The number of hydrazone groups is 1. The van der Waals surface area contributed by atoms with Crippen molar-refractivity contribution in [2.45, 2.75) is 19.9 Å². The van der Waals surface area contributed by atoms with Crippen LogP contribution in [0.5, 0.6) is 11.5 Å². The molecule has 0 bridgehead atoms. The Morgan fingerprint density at radius 1 is 1.21 bits per heavy atom. The molecule has 1 amide bonds. The summed E-state index contributed by atoms with van der Waals surface area (Å²) in [6.45, 7) is 3.38. The second kappa shape index (κ2) is 11.1. The zero-order valence-electron chi connectivity index (χ0n) is 18.1. The lowest BCUT2D eigenvalue weighted by Crippen LogP contribution is -2.45. The summed E-state index contributed by atoms with van der Waals surface area (Å²) >= 11 is 5.26. The van der Waals surface area contributed by atoms with Gasteiger partial charge in [-0.05, 0) is 44.3 Å². The summed E-state index contributed by atoms with van der Waals surface area (Å²) in [6, 6.07) is 13.0. The van der Waals surface area contributed by atoms with Gasteiger partial charge in [0.2, 0.25) is 0 Å². The number of carbonyl (C=O) groups is 2. The van der Waals surface area contributed by atoms with E-state index in [0.717, 1.165) is 0 Å². The molecule has 0 unspecified atom stereocenters. The summed E-state index contributed by atoms with van der Waals surface area (Å²) < 4.78 is 10.9. The molecule has 1 aliphatic heterocycles. The van der Waals surface area contributed by atoms with E-state index >= 15 is 0 Å². The lowest BCUT2D eigenvalue weighted by molar-refractivity contribution is -0.139. The number of aromatic hydroxyl groups is 1. The minimum Gasteiger partial charge on any atom is -0.507 e. The average molecular weight is 469 g/mol. The number of rotatable bonds is 8. The first-order valence-corrected chi connectivity index (χ1v) is 10.6. The molecule has 0 spiro atoms. The fraction of sp³-hybridized carbons (Fsp3) is 0.217. The molecular formula is C23H24N4O5S. The van der Waals surface area contributed by atoms with Crippen molar-refractivity contribution in [1.82, 2.24) is 16.1 Å². The predicted molar refractivity (Wildman–Crippen MR) is 127 cm³/mol. The van der Waals surface area contributed by atoms with Crippen molar-refractivity contribution in [2.24, 2.45) is 5.10 Å². The second-order valence-corrected chi connectivity index (χ2v) is 7.38. The fourth-order valence-corrected chi connectivity index (χ4v) is 3.47. The molecule has 1 atom stereocenters. The van der Waals surface area contributed by atoms with E-state index in [1.54, 1.807) is 56.3 Å². The highest BCUT2D eigenvalue weighted by atomic mass is 32.1. The Labute approximate surface area is 196 Å². The van der Waals surface area contributed by atoms with Crippen LogP contribution < -0.4 is 20.8 Å². The summed E-state index contributed by atoms with van der Waals surface area (Å²) in [5.74, 6) is -0.529. The third kappa shape index (κ3) is 6.07. The van der Waals surface area contributed by atoms with Crippen LogP contribution in [0, 0.1) is 0 Å². The molecule has 9 nitrogen and oxygen atoms in total. The standard InChI is InChI=1S/C23H24N4O5S/c1-3-31-22(30)20-14(2)25-23(33)26-21(20)16-9-5-7-11-18(16)32-13-19(29)27-24-12-15-8-4-6-10-17(15)28/h4-12,21,28H,3,13H2,1-2H3,(H,27,29)(H2,25,26,33)/t21-/m1/s1. The number of amides is 1. The SMILES string of the molecule is CCOC(=O)C1=C(C)NC(=S)N[C@@H]1c1ccccc1OCC(=O)NN=Cc1ccccc1O. The summed E-state index contributed by atoms with van der Waals surface area (Å²) in [7, 11) is 0. The van der Waals surface area contributed by atoms with Gasteiger partial charge in [0, 0.05) is 16.8 Å². The van der Waals surface area contributed by atoms with Crippen molar-refractivity contribution in [3.05, 3.63) is 70.9 Å². The maximum atomic E-state index is 12.6. The van der Waals surface area contributed by atoms with Crippen molar-refractivity contribution in [2.75, 3.05) is 13.2 Å². The van der Waals surface area contributed by atoms with Crippen LogP contribution in [0.4, 0.5) is 0 Å². The molecule has 0 fully saturated rings. The van der Waals surface area contributed by atoms with E-state index in [9.17, 15) is 14.7 Å². The molecule has 0 aromatic heterocycles. The number of para-hydroxylation sites is 2. The Balaban J connectivity index is 1.73. The van der Waals surface area contributed by atoms with Crippen molar-refractivity contribution >= 4 is 35.4 Å². The van der Waals surface area contributed by atoms with E-state index in [0.29, 0.717) is 33.3 Å². The average Bonchev–Trinajstić information content (AvgIpc) is 2.78. The minimum atomic E-state index is -0.615. The lowest BCUT2D eigenvalue weighted by Gasteiger charge is -2.30. The van der Waals surface area contributed by atoms with Gasteiger partial charge in [0.05, 0.1) is 24.4 Å². The van der Waals surface area contributed by atoms with Gasteiger partial charge in [-0.3, -0.25) is 4.79 Å². The number of nitrogens with one attached hydrogen (secondary N) is 3. The van der Waals surface area contributed by atoms with E-state index in [1.165, 1.54) is 12.3 Å². The maximum Gasteiger partial charge on any atom is 0.338 e. The van der Waals surface area contributed by atoms with E-state index < -0.39 is 17.9 Å². The van der Waals surface area contributed by atoms with Gasteiger partial charge in [0.1, 0.15) is 11.5 Å². The molecule has 3 rings (SSSR count). The van der Waals surface area contributed by atoms with Crippen LogP contribution in [-0.4, -0.2) is 41.5 Å². The number of carbonyl (C=O) groups excluding carboxylic acids is 2. The molecule has 33 heavy (non-hydrogen) atoms. The molecule has 0 aliphatic carbocycles. The highest BCUT2D eigenvalue weighted by Gasteiger charge is 2.32. The van der Waals surface area contributed by atoms with Gasteiger partial charge in [0.25, 0.3) is 5.91 Å². The first kappa shape index (κ1) is 23.7. The summed E-state index contributed by atoms with van der Waals surface area (Å²) in [6.07, 6.45) is 1.33. The van der Waals surface area contributed by atoms with Gasteiger partial charge in [0.15, 0.2) is 11.7 Å². The molecule has 172 valence electrons. The van der Waals surface area contributed by atoms with Crippen molar-refractivity contribution in [3.8, 4) is 11.5 Å². The smallest absolute Gasteiger partial charge is 0.338 e. The first-order chi connectivity index (χ1) is 15.9. The number of phenols is 1. The highest BCUT2D eigenvalue weighted by Crippen LogP contribution is 2.33. The zero-order valence-corrected chi connectivity index (χ0v) is 18.9. The van der Waals surface area contributed by atoms with Crippen molar-refractivity contribution in [3.63, 3.8) is 0 Å². The normalized spacial score (nSPS) is 15.6. The van der Waals surface area contributed by atoms with Gasteiger partial charge in [-0.2, -0.15) is 5.10 Å². The number of thiocarbonyl (C=S) groups is 1. The number of benzene rings is 2. The third-order valence-electron chi connectivity index (χ3n) is 4.68. The molecule has 4 N–H and O–H groups in total. The van der Waals surface area contributed by atoms with Crippen molar-refractivity contribution < 1.29 is 24.2 Å². The largest absolute Gasteiger partial charge is 0.507 e.